The molecular weight excluding hydrogens is 235 g/mol. The van der Waals surface area contributed by atoms with Crippen LogP contribution in [-0.4, -0.2) is 18.9 Å². The number of alkyl halides is 1. The monoisotopic (exact) mass is 244 g/mol. The fourth-order valence-corrected chi connectivity index (χ4v) is 1.57. The maximum atomic E-state index is 13.2. The Labute approximate surface area is 97.2 Å². The molecule has 0 N–H and O–H groups in total. The van der Waals surface area contributed by atoms with Crippen LogP contribution in [-0.2, 0) is 14.3 Å². The SMILES string of the molecule is COC(=O)C(=O)C(Cl)c1cccc(F)c1C. The second-order valence-corrected chi connectivity index (χ2v) is 3.61. The normalized spacial score (nSPS) is 12.0. The number of benzene rings is 1. The van der Waals surface area contributed by atoms with Crippen molar-refractivity contribution in [3.05, 3.63) is 35.1 Å². The van der Waals surface area contributed by atoms with Gasteiger partial charge in [-0.3, -0.25) is 4.79 Å². The smallest absolute Gasteiger partial charge is 0.376 e. The van der Waals surface area contributed by atoms with Gasteiger partial charge in [0.1, 0.15) is 11.2 Å². The average Bonchev–Trinajstić information content (AvgIpc) is 2.29. The third-order valence-electron chi connectivity index (χ3n) is 2.20. The van der Waals surface area contributed by atoms with Crippen molar-refractivity contribution in [2.75, 3.05) is 7.11 Å². The standard InChI is InChI=1S/C11H10ClFO3/c1-6-7(4-3-5-8(6)13)9(12)10(14)11(15)16-2/h3-5,9H,1-2H3. The first kappa shape index (κ1) is 12.6. The number of ether oxygens (including phenoxy) is 1. The van der Waals surface area contributed by atoms with Crippen LogP contribution in [0.5, 0.6) is 0 Å². The zero-order chi connectivity index (χ0) is 12.3. The predicted molar refractivity (Wildman–Crippen MR) is 56.8 cm³/mol. The molecular formula is C11H10ClFO3. The van der Waals surface area contributed by atoms with Gasteiger partial charge in [0.2, 0.25) is 0 Å². The van der Waals surface area contributed by atoms with Crippen LogP contribution in [0.15, 0.2) is 18.2 Å². The molecule has 5 heteroatoms. The number of rotatable bonds is 3. The van der Waals surface area contributed by atoms with Gasteiger partial charge < -0.3 is 4.74 Å². The van der Waals surface area contributed by atoms with E-state index in [0.29, 0.717) is 0 Å². The van der Waals surface area contributed by atoms with Gasteiger partial charge in [-0.2, -0.15) is 0 Å². The largest absolute Gasteiger partial charge is 0.463 e. The van der Waals surface area contributed by atoms with E-state index in [-0.39, 0.29) is 11.1 Å². The van der Waals surface area contributed by atoms with Gasteiger partial charge in [0.05, 0.1) is 7.11 Å². The van der Waals surface area contributed by atoms with Crippen molar-refractivity contribution in [2.45, 2.75) is 12.3 Å². The summed E-state index contributed by atoms with van der Waals surface area (Å²) in [6.45, 7) is 1.49. The summed E-state index contributed by atoms with van der Waals surface area (Å²) < 4.78 is 17.5. The summed E-state index contributed by atoms with van der Waals surface area (Å²) >= 11 is 5.79. The third kappa shape index (κ3) is 2.39. The van der Waals surface area contributed by atoms with E-state index in [1.807, 2.05) is 0 Å². The summed E-state index contributed by atoms with van der Waals surface area (Å²) in [4.78, 5) is 22.4. The number of ketones is 1. The maximum Gasteiger partial charge on any atom is 0.376 e. The van der Waals surface area contributed by atoms with E-state index in [9.17, 15) is 14.0 Å². The lowest BCUT2D eigenvalue weighted by Gasteiger charge is -2.10. The van der Waals surface area contributed by atoms with Crippen molar-refractivity contribution in [1.82, 2.24) is 0 Å². The second-order valence-electron chi connectivity index (χ2n) is 3.17. The second kappa shape index (κ2) is 5.07. The molecule has 0 saturated heterocycles. The van der Waals surface area contributed by atoms with E-state index >= 15 is 0 Å². The summed E-state index contributed by atoms with van der Waals surface area (Å²) in [5.74, 6) is -2.41. The molecule has 0 aliphatic heterocycles. The van der Waals surface area contributed by atoms with E-state index in [1.54, 1.807) is 0 Å². The highest BCUT2D eigenvalue weighted by molar-refractivity contribution is 6.47. The molecule has 0 aliphatic carbocycles. The van der Waals surface area contributed by atoms with Gasteiger partial charge >= 0.3 is 5.97 Å². The summed E-state index contributed by atoms with van der Waals surface area (Å²) in [5, 5.41) is -1.22. The fourth-order valence-electron chi connectivity index (χ4n) is 1.24. The van der Waals surface area contributed by atoms with E-state index in [1.165, 1.54) is 25.1 Å². The van der Waals surface area contributed by atoms with Crippen LogP contribution in [0.3, 0.4) is 0 Å². The summed E-state index contributed by atoms with van der Waals surface area (Å²) in [7, 11) is 1.09. The maximum absolute atomic E-state index is 13.2. The highest BCUT2D eigenvalue weighted by Crippen LogP contribution is 2.26. The fraction of sp³-hybridized carbons (Fsp3) is 0.273. The van der Waals surface area contributed by atoms with Gasteiger partial charge in [-0.15, -0.1) is 11.6 Å². The number of Topliss-reactive ketones (excluding diaryl/α,β-unsaturated/α-hetero) is 1. The number of carbonyl (C=O) groups excluding carboxylic acids is 2. The zero-order valence-corrected chi connectivity index (χ0v) is 9.55. The number of methoxy groups -OCH3 is 1. The molecule has 1 aromatic rings. The molecule has 0 saturated carbocycles. The van der Waals surface area contributed by atoms with E-state index < -0.39 is 22.9 Å². The van der Waals surface area contributed by atoms with Gasteiger partial charge in [0.15, 0.2) is 0 Å². The zero-order valence-electron chi connectivity index (χ0n) is 8.79. The molecule has 0 fully saturated rings. The van der Waals surface area contributed by atoms with Gasteiger partial charge in [-0.1, -0.05) is 12.1 Å². The van der Waals surface area contributed by atoms with Crippen molar-refractivity contribution in [3.8, 4) is 0 Å². The minimum atomic E-state index is -1.22. The Bertz CT molecular complexity index is 431. The highest BCUT2D eigenvalue weighted by atomic mass is 35.5. The molecule has 0 aliphatic rings. The number of hydrogen-bond donors (Lipinski definition) is 0. The van der Waals surface area contributed by atoms with Crippen LogP contribution in [0.1, 0.15) is 16.5 Å². The van der Waals surface area contributed by atoms with Gasteiger partial charge in [-0.05, 0) is 24.1 Å². The molecule has 3 nitrogen and oxygen atoms in total. The van der Waals surface area contributed by atoms with Crippen LogP contribution in [0.25, 0.3) is 0 Å². The van der Waals surface area contributed by atoms with Crippen molar-refractivity contribution in [2.24, 2.45) is 0 Å². The highest BCUT2D eigenvalue weighted by Gasteiger charge is 2.27. The van der Waals surface area contributed by atoms with Gasteiger partial charge in [-0.25, -0.2) is 9.18 Å². The lowest BCUT2D eigenvalue weighted by molar-refractivity contribution is -0.151. The molecule has 0 aromatic heterocycles. The molecule has 1 aromatic carbocycles. The molecule has 0 bridgehead atoms. The first-order valence-electron chi connectivity index (χ1n) is 4.50. The quantitative estimate of drug-likeness (QED) is 0.465. The molecule has 1 rings (SSSR count). The minimum Gasteiger partial charge on any atom is -0.463 e. The predicted octanol–water partition coefficient (Wildman–Crippen LogP) is 2.16. The van der Waals surface area contributed by atoms with Crippen LogP contribution in [0.4, 0.5) is 4.39 Å². The number of halogens is 2. The van der Waals surface area contributed by atoms with Gasteiger partial charge in [0.25, 0.3) is 5.78 Å². The number of esters is 1. The Morgan fingerprint density at radius 1 is 1.44 bits per heavy atom. The van der Waals surface area contributed by atoms with E-state index in [2.05, 4.69) is 4.74 Å². The van der Waals surface area contributed by atoms with E-state index in [4.69, 9.17) is 11.6 Å². The topological polar surface area (TPSA) is 43.4 Å². The number of hydrogen-bond acceptors (Lipinski definition) is 3. The Morgan fingerprint density at radius 3 is 2.62 bits per heavy atom. The van der Waals surface area contributed by atoms with Crippen molar-refractivity contribution >= 4 is 23.4 Å². The Balaban J connectivity index is 3.05. The van der Waals surface area contributed by atoms with Crippen LogP contribution in [0, 0.1) is 12.7 Å². The molecule has 16 heavy (non-hydrogen) atoms. The lowest BCUT2D eigenvalue weighted by Crippen LogP contribution is -2.21. The molecule has 0 spiro atoms. The van der Waals surface area contributed by atoms with Gasteiger partial charge in [0, 0.05) is 0 Å². The minimum absolute atomic E-state index is 0.250. The Kier molecular flexibility index (Phi) is 4.01. The first-order valence-corrected chi connectivity index (χ1v) is 4.94. The molecule has 1 unspecified atom stereocenters. The average molecular weight is 245 g/mol. The summed E-state index contributed by atoms with van der Waals surface area (Å²) in [5.41, 5.74) is 0.525. The third-order valence-corrected chi connectivity index (χ3v) is 2.63. The summed E-state index contributed by atoms with van der Waals surface area (Å²) in [6, 6.07) is 4.18. The Hall–Kier alpha value is -1.42. The molecule has 86 valence electrons. The Morgan fingerprint density at radius 2 is 2.06 bits per heavy atom. The number of carbonyl (C=O) groups is 2. The van der Waals surface area contributed by atoms with Crippen LogP contribution < -0.4 is 0 Å². The lowest BCUT2D eigenvalue weighted by atomic mass is 10.0. The van der Waals surface area contributed by atoms with Crippen molar-refractivity contribution in [1.29, 1.82) is 0 Å². The molecule has 1 atom stereocenters. The molecule has 0 radical (unpaired) electrons. The van der Waals surface area contributed by atoms with Crippen molar-refractivity contribution in [3.63, 3.8) is 0 Å². The van der Waals surface area contributed by atoms with Crippen LogP contribution in [0.2, 0.25) is 0 Å². The first-order chi connectivity index (χ1) is 7.49. The van der Waals surface area contributed by atoms with Crippen molar-refractivity contribution < 1.29 is 18.7 Å². The molecule has 0 heterocycles. The molecule has 0 amide bonds. The van der Waals surface area contributed by atoms with Crippen LogP contribution >= 0.6 is 11.6 Å². The van der Waals surface area contributed by atoms with E-state index in [0.717, 1.165) is 7.11 Å². The summed E-state index contributed by atoms with van der Waals surface area (Å²) in [6.07, 6.45) is 0.